The fourth-order valence-corrected chi connectivity index (χ4v) is 2.54. The Hall–Kier alpha value is -0.120. The molecule has 3 heteroatoms. The monoisotopic (exact) mass is 226 g/mol. The quantitative estimate of drug-likeness (QED) is 0.635. The lowest BCUT2D eigenvalue weighted by molar-refractivity contribution is 0.153. The SMILES string of the molecule is COCC1CCN(CCCCNC2CC2)C1. The molecule has 1 saturated heterocycles. The lowest BCUT2D eigenvalue weighted by Gasteiger charge is -2.15. The van der Waals surface area contributed by atoms with Gasteiger partial charge in [-0.1, -0.05) is 0 Å². The molecule has 94 valence electrons. The number of ether oxygens (including phenoxy) is 1. The van der Waals surface area contributed by atoms with E-state index in [-0.39, 0.29) is 0 Å². The van der Waals surface area contributed by atoms with Crippen molar-refractivity contribution in [3.8, 4) is 0 Å². The average molecular weight is 226 g/mol. The van der Waals surface area contributed by atoms with Gasteiger partial charge >= 0.3 is 0 Å². The van der Waals surface area contributed by atoms with E-state index in [1.54, 1.807) is 0 Å². The van der Waals surface area contributed by atoms with Crippen molar-refractivity contribution in [2.75, 3.05) is 39.9 Å². The Morgan fingerprint density at radius 1 is 1.25 bits per heavy atom. The molecule has 0 aromatic rings. The molecule has 1 aliphatic carbocycles. The Bertz CT molecular complexity index is 194. The molecule has 0 aromatic heterocycles. The Morgan fingerprint density at radius 2 is 2.12 bits per heavy atom. The van der Waals surface area contributed by atoms with Crippen LogP contribution in [-0.2, 0) is 4.74 Å². The van der Waals surface area contributed by atoms with Gasteiger partial charge in [0.2, 0.25) is 0 Å². The van der Waals surface area contributed by atoms with Crippen LogP contribution in [-0.4, -0.2) is 50.8 Å². The van der Waals surface area contributed by atoms with Crippen LogP contribution in [0.1, 0.15) is 32.1 Å². The lowest BCUT2D eigenvalue weighted by Crippen LogP contribution is -2.24. The van der Waals surface area contributed by atoms with Crippen LogP contribution in [0.5, 0.6) is 0 Å². The van der Waals surface area contributed by atoms with Gasteiger partial charge in [0.05, 0.1) is 6.61 Å². The molecule has 1 N–H and O–H groups in total. The van der Waals surface area contributed by atoms with Crippen molar-refractivity contribution >= 4 is 0 Å². The van der Waals surface area contributed by atoms with Crippen LogP contribution in [0.2, 0.25) is 0 Å². The first-order valence-corrected chi connectivity index (χ1v) is 6.83. The smallest absolute Gasteiger partial charge is 0.0503 e. The van der Waals surface area contributed by atoms with E-state index < -0.39 is 0 Å². The van der Waals surface area contributed by atoms with Crippen molar-refractivity contribution in [1.29, 1.82) is 0 Å². The van der Waals surface area contributed by atoms with Gasteiger partial charge in [-0.3, -0.25) is 0 Å². The van der Waals surface area contributed by atoms with Crippen molar-refractivity contribution in [3.63, 3.8) is 0 Å². The van der Waals surface area contributed by atoms with Crippen LogP contribution < -0.4 is 5.32 Å². The molecule has 0 radical (unpaired) electrons. The van der Waals surface area contributed by atoms with E-state index in [1.165, 1.54) is 58.3 Å². The number of methoxy groups -OCH3 is 1. The second kappa shape index (κ2) is 6.58. The van der Waals surface area contributed by atoms with Gasteiger partial charge < -0.3 is 15.0 Å². The first-order chi connectivity index (χ1) is 7.88. The molecule has 2 aliphatic rings. The highest BCUT2D eigenvalue weighted by Crippen LogP contribution is 2.19. The number of nitrogens with zero attached hydrogens (tertiary/aromatic N) is 1. The molecule has 2 rings (SSSR count). The summed E-state index contributed by atoms with van der Waals surface area (Å²) in [7, 11) is 1.81. The molecule has 0 bridgehead atoms. The Balaban J connectivity index is 1.43. The highest BCUT2D eigenvalue weighted by atomic mass is 16.5. The zero-order valence-electron chi connectivity index (χ0n) is 10.6. The molecule has 0 spiro atoms. The van der Waals surface area contributed by atoms with Crippen molar-refractivity contribution in [3.05, 3.63) is 0 Å². The third kappa shape index (κ3) is 4.40. The molecule has 1 atom stereocenters. The van der Waals surface area contributed by atoms with E-state index in [0.29, 0.717) is 0 Å². The summed E-state index contributed by atoms with van der Waals surface area (Å²) in [6, 6.07) is 0.873. The summed E-state index contributed by atoms with van der Waals surface area (Å²) < 4.78 is 5.21. The number of hydrogen-bond acceptors (Lipinski definition) is 3. The molecule has 16 heavy (non-hydrogen) atoms. The van der Waals surface area contributed by atoms with Gasteiger partial charge in [-0.2, -0.15) is 0 Å². The maximum Gasteiger partial charge on any atom is 0.0503 e. The lowest BCUT2D eigenvalue weighted by atomic mass is 10.1. The second-order valence-electron chi connectivity index (χ2n) is 5.35. The topological polar surface area (TPSA) is 24.5 Å². The van der Waals surface area contributed by atoms with Crippen LogP contribution in [0.3, 0.4) is 0 Å². The van der Waals surface area contributed by atoms with Gasteiger partial charge in [0.25, 0.3) is 0 Å². The highest BCUT2D eigenvalue weighted by molar-refractivity contribution is 4.80. The number of unbranched alkanes of at least 4 members (excludes halogenated alkanes) is 1. The first-order valence-electron chi connectivity index (χ1n) is 6.83. The van der Waals surface area contributed by atoms with Crippen molar-refractivity contribution < 1.29 is 4.74 Å². The Morgan fingerprint density at radius 3 is 2.88 bits per heavy atom. The highest BCUT2D eigenvalue weighted by Gasteiger charge is 2.22. The van der Waals surface area contributed by atoms with Crippen molar-refractivity contribution in [2.24, 2.45) is 5.92 Å². The van der Waals surface area contributed by atoms with Gasteiger partial charge in [-0.25, -0.2) is 0 Å². The van der Waals surface area contributed by atoms with E-state index in [9.17, 15) is 0 Å². The molecule has 1 saturated carbocycles. The predicted molar refractivity (Wildman–Crippen MR) is 66.7 cm³/mol. The zero-order chi connectivity index (χ0) is 11.2. The minimum Gasteiger partial charge on any atom is -0.384 e. The molecular weight excluding hydrogens is 200 g/mol. The molecule has 0 aromatic carbocycles. The third-order valence-corrected chi connectivity index (χ3v) is 3.68. The molecule has 0 amide bonds. The summed E-state index contributed by atoms with van der Waals surface area (Å²) in [6.07, 6.45) is 6.82. The third-order valence-electron chi connectivity index (χ3n) is 3.68. The summed E-state index contributed by atoms with van der Waals surface area (Å²) >= 11 is 0. The minimum absolute atomic E-state index is 0.787. The summed E-state index contributed by atoms with van der Waals surface area (Å²) in [6.45, 7) is 5.99. The standard InChI is InChI=1S/C13H26N2O/c1-16-11-12-6-9-15(10-12)8-3-2-7-14-13-4-5-13/h12-14H,2-11H2,1H3. The van der Waals surface area contributed by atoms with Crippen molar-refractivity contribution in [2.45, 2.75) is 38.1 Å². The van der Waals surface area contributed by atoms with E-state index >= 15 is 0 Å². The van der Waals surface area contributed by atoms with Gasteiger partial charge in [-0.05, 0) is 57.7 Å². The first kappa shape index (κ1) is 12.3. The number of nitrogens with one attached hydrogen (secondary N) is 1. The van der Waals surface area contributed by atoms with Gasteiger partial charge in [0.1, 0.15) is 0 Å². The summed E-state index contributed by atoms with van der Waals surface area (Å²) in [5.74, 6) is 0.787. The van der Waals surface area contributed by atoms with Gasteiger partial charge in [-0.15, -0.1) is 0 Å². The Labute approximate surface area is 99.5 Å². The van der Waals surface area contributed by atoms with E-state index in [4.69, 9.17) is 4.74 Å². The minimum atomic E-state index is 0.787. The van der Waals surface area contributed by atoms with Crippen LogP contribution in [0, 0.1) is 5.92 Å². The maximum absolute atomic E-state index is 5.21. The van der Waals surface area contributed by atoms with Crippen molar-refractivity contribution in [1.82, 2.24) is 10.2 Å². The second-order valence-corrected chi connectivity index (χ2v) is 5.35. The molecule has 1 aliphatic heterocycles. The summed E-state index contributed by atoms with van der Waals surface area (Å²) in [5, 5.41) is 3.57. The van der Waals surface area contributed by atoms with Gasteiger partial charge in [0, 0.05) is 19.7 Å². The number of rotatable bonds is 8. The maximum atomic E-state index is 5.21. The van der Waals surface area contributed by atoms with E-state index in [0.717, 1.165) is 18.6 Å². The fraction of sp³-hybridized carbons (Fsp3) is 1.00. The largest absolute Gasteiger partial charge is 0.384 e. The molecule has 1 heterocycles. The molecule has 1 unspecified atom stereocenters. The molecule has 2 fully saturated rings. The normalized spacial score (nSPS) is 26.4. The van der Waals surface area contributed by atoms with E-state index in [2.05, 4.69) is 10.2 Å². The number of hydrogen-bond donors (Lipinski definition) is 1. The zero-order valence-corrected chi connectivity index (χ0v) is 10.6. The van der Waals surface area contributed by atoms with Crippen LogP contribution in [0.15, 0.2) is 0 Å². The fourth-order valence-electron chi connectivity index (χ4n) is 2.54. The van der Waals surface area contributed by atoms with Crippen LogP contribution >= 0.6 is 0 Å². The van der Waals surface area contributed by atoms with E-state index in [1.807, 2.05) is 7.11 Å². The summed E-state index contributed by atoms with van der Waals surface area (Å²) in [5.41, 5.74) is 0. The predicted octanol–water partition coefficient (Wildman–Crippen LogP) is 1.49. The summed E-state index contributed by atoms with van der Waals surface area (Å²) in [4.78, 5) is 2.60. The van der Waals surface area contributed by atoms with Crippen LogP contribution in [0.4, 0.5) is 0 Å². The molecular formula is C13H26N2O. The molecule has 3 nitrogen and oxygen atoms in total. The Kier molecular flexibility index (Phi) is 5.07. The van der Waals surface area contributed by atoms with Gasteiger partial charge in [0.15, 0.2) is 0 Å². The number of likely N-dealkylation sites (tertiary alicyclic amines) is 1. The average Bonchev–Trinajstić information content (AvgIpc) is 2.99. The van der Waals surface area contributed by atoms with Crippen LogP contribution in [0.25, 0.3) is 0 Å².